The highest BCUT2D eigenvalue weighted by molar-refractivity contribution is 6.19. The summed E-state index contributed by atoms with van der Waals surface area (Å²) in [6.45, 7) is 0. The summed E-state index contributed by atoms with van der Waals surface area (Å²) in [5.74, 6) is 0. The van der Waals surface area contributed by atoms with Crippen LogP contribution in [0.5, 0.6) is 0 Å². The van der Waals surface area contributed by atoms with Crippen LogP contribution in [0.15, 0.2) is 48.8 Å². The average Bonchev–Trinajstić information content (AvgIpc) is 2.37. The molecule has 2 nitrogen and oxygen atoms in total. The van der Waals surface area contributed by atoms with Gasteiger partial charge in [0.15, 0.2) is 6.20 Å². The Balaban J connectivity index is 2.50. The van der Waals surface area contributed by atoms with Crippen molar-refractivity contribution < 1.29 is 4.57 Å². The van der Waals surface area contributed by atoms with Gasteiger partial charge in [0.1, 0.15) is 7.05 Å². The summed E-state index contributed by atoms with van der Waals surface area (Å²) in [5, 5.41) is 5.06. The van der Waals surface area contributed by atoms with Crippen molar-refractivity contribution in [2.75, 3.05) is 0 Å². The van der Waals surface area contributed by atoms with Crippen LogP contribution in [-0.4, -0.2) is 4.98 Å². The van der Waals surface area contributed by atoms with E-state index in [-0.39, 0.29) is 0 Å². The summed E-state index contributed by atoms with van der Waals surface area (Å²) in [6, 6.07) is 12.7. The van der Waals surface area contributed by atoms with Gasteiger partial charge in [-0.1, -0.05) is 18.2 Å². The highest BCUT2D eigenvalue weighted by Crippen LogP contribution is 2.30. The van der Waals surface area contributed by atoms with Crippen LogP contribution >= 0.6 is 0 Å². The van der Waals surface area contributed by atoms with Crippen LogP contribution in [0.2, 0.25) is 0 Å². The molecule has 17 heavy (non-hydrogen) atoms. The van der Waals surface area contributed by atoms with Crippen LogP contribution in [0.25, 0.3) is 32.6 Å². The number of benzene rings is 2. The molecule has 0 saturated heterocycles. The molecule has 0 radical (unpaired) electrons. The van der Waals surface area contributed by atoms with Crippen molar-refractivity contribution in [1.29, 1.82) is 0 Å². The van der Waals surface area contributed by atoms with Crippen molar-refractivity contribution in [3.8, 4) is 0 Å². The van der Waals surface area contributed by atoms with E-state index in [0.29, 0.717) is 0 Å². The van der Waals surface area contributed by atoms with Crippen LogP contribution < -0.4 is 4.57 Å². The monoisotopic (exact) mass is 219 g/mol. The first kappa shape index (κ1) is 8.88. The number of nitrogens with zero attached hydrogens (tertiary/aromatic N) is 2. The largest absolute Gasteiger partial charge is 0.256 e. The van der Waals surface area contributed by atoms with E-state index in [2.05, 4.69) is 59.2 Å². The van der Waals surface area contributed by atoms with Gasteiger partial charge in [0.25, 0.3) is 0 Å². The highest BCUT2D eigenvalue weighted by Gasteiger charge is 2.14. The molecule has 0 aliphatic rings. The second-order valence-corrected chi connectivity index (χ2v) is 4.48. The standard InChI is InChI=1S/C15H11N2/c1-17-9-11-5-2-6-12-14(11)15-10(8-16-12)4-3-7-13(15)17/h2-9H,1H3/q+1. The molecule has 0 bridgehead atoms. The van der Waals surface area contributed by atoms with E-state index in [1.165, 1.54) is 27.1 Å². The lowest BCUT2D eigenvalue weighted by atomic mass is 10.0. The zero-order valence-electron chi connectivity index (χ0n) is 9.51. The van der Waals surface area contributed by atoms with Crippen molar-refractivity contribution in [2.24, 2.45) is 7.05 Å². The Hall–Kier alpha value is -2.22. The smallest absolute Gasteiger partial charge is 0.213 e. The first-order chi connectivity index (χ1) is 8.34. The first-order valence-corrected chi connectivity index (χ1v) is 5.73. The molecule has 0 fully saturated rings. The zero-order valence-corrected chi connectivity index (χ0v) is 9.51. The van der Waals surface area contributed by atoms with Gasteiger partial charge in [0, 0.05) is 28.4 Å². The maximum atomic E-state index is 4.53. The van der Waals surface area contributed by atoms with Crippen molar-refractivity contribution in [3.63, 3.8) is 0 Å². The van der Waals surface area contributed by atoms with Gasteiger partial charge in [-0.3, -0.25) is 4.98 Å². The fraction of sp³-hybridized carbons (Fsp3) is 0.0667. The van der Waals surface area contributed by atoms with E-state index in [9.17, 15) is 0 Å². The topological polar surface area (TPSA) is 16.8 Å². The van der Waals surface area contributed by atoms with Crippen molar-refractivity contribution in [3.05, 3.63) is 48.8 Å². The van der Waals surface area contributed by atoms with E-state index in [1.54, 1.807) is 0 Å². The van der Waals surface area contributed by atoms with E-state index in [4.69, 9.17) is 0 Å². The maximum absolute atomic E-state index is 4.53. The summed E-state index contributed by atoms with van der Waals surface area (Å²) in [6.07, 6.45) is 4.13. The molecule has 0 amide bonds. The lowest BCUT2D eigenvalue weighted by Crippen LogP contribution is -2.28. The Morgan fingerprint density at radius 3 is 2.71 bits per heavy atom. The normalized spacial score (nSPS) is 11.8. The Labute approximate surface area is 98.5 Å². The number of hydrogen-bond donors (Lipinski definition) is 0. The van der Waals surface area contributed by atoms with Crippen LogP contribution in [0.1, 0.15) is 0 Å². The lowest BCUT2D eigenvalue weighted by Gasteiger charge is -2.07. The Bertz CT molecular complexity index is 849. The molecule has 2 aromatic heterocycles. The Morgan fingerprint density at radius 1 is 0.941 bits per heavy atom. The molecule has 2 heterocycles. The van der Waals surface area contributed by atoms with Gasteiger partial charge in [-0.15, -0.1) is 0 Å². The van der Waals surface area contributed by atoms with Crippen LogP contribution in [0.4, 0.5) is 0 Å². The fourth-order valence-electron chi connectivity index (χ4n) is 2.69. The summed E-state index contributed by atoms with van der Waals surface area (Å²) in [4.78, 5) is 4.53. The van der Waals surface area contributed by atoms with Gasteiger partial charge < -0.3 is 0 Å². The predicted molar refractivity (Wildman–Crippen MR) is 69.1 cm³/mol. The maximum Gasteiger partial charge on any atom is 0.213 e. The molecule has 4 rings (SSSR count). The SMILES string of the molecule is C[n+]1cc2cccc3ncc4cccc1c4c23. The molecule has 4 aromatic rings. The molecule has 0 unspecified atom stereocenters. The third-order valence-electron chi connectivity index (χ3n) is 3.45. The second-order valence-electron chi connectivity index (χ2n) is 4.48. The Kier molecular flexibility index (Phi) is 1.52. The van der Waals surface area contributed by atoms with Gasteiger partial charge >= 0.3 is 0 Å². The van der Waals surface area contributed by atoms with Crippen molar-refractivity contribution in [2.45, 2.75) is 0 Å². The minimum Gasteiger partial charge on any atom is -0.256 e. The van der Waals surface area contributed by atoms with Crippen LogP contribution in [0, 0.1) is 0 Å². The molecule has 0 atom stereocenters. The number of pyridine rings is 2. The number of rotatable bonds is 0. The molecule has 0 aliphatic heterocycles. The van der Waals surface area contributed by atoms with Gasteiger partial charge in [0.05, 0.1) is 10.9 Å². The quantitative estimate of drug-likeness (QED) is 0.328. The van der Waals surface area contributed by atoms with Gasteiger partial charge in [-0.25, -0.2) is 4.57 Å². The van der Waals surface area contributed by atoms with Gasteiger partial charge in [-0.2, -0.15) is 0 Å². The number of aromatic nitrogens is 2. The summed E-state index contributed by atoms with van der Waals surface area (Å²) in [5.41, 5.74) is 2.33. The minimum atomic E-state index is 1.08. The summed E-state index contributed by atoms with van der Waals surface area (Å²) < 4.78 is 2.18. The molecule has 0 aliphatic carbocycles. The number of hydrogen-bond acceptors (Lipinski definition) is 1. The second kappa shape index (κ2) is 2.92. The average molecular weight is 219 g/mol. The van der Waals surface area contributed by atoms with E-state index >= 15 is 0 Å². The lowest BCUT2D eigenvalue weighted by molar-refractivity contribution is -0.643. The van der Waals surface area contributed by atoms with Crippen molar-refractivity contribution >= 4 is 32.6 Å². The van der Waals surface area contributed by atoms with Crippen LogP contribution in [-0.2, 0) is 7.05 Å². The third kappa shape index (κ3) is 1.04. The third-order valence-corrected chi connectivity index (χ3v) is 3.45. The summed E-state index contributed by atoms with van der Waals surface area (Å²) in [7, 11) is 2.09. The molecular formula is C15H11N2+. The molecular weight excluding hydrogens is 208 g/mol. The Morgan fingerprint density at radius 2 is 1.76 bits per heavy atom. The molecule has 80 valence electrons. The molecule has 2 heteroatoms. The number of aryl methyl sites for hydroxylation is 1. The highest BCUT2D eigenvalue weighted by atomic mass is 14.9. The van der Waals surface area contributed by atoms with Gasteiger partial charge in [-0.05, 0) is 12.1 Å². The first-order valence-electron chi connectivity index (χ1n) is 5.73. The molecule has 2 aromatic carbocycles. The molecule has 0 spiro atoms. The predicted octanol–water partition coefficient (Wildman–Crippen LogP) is 2.80. The van der Waals surface area contributed by atoms with Crippen LogP contribution in [0.3, 0.4) is 0 Å². The molecule has 0 saturated carbocycles. The van der Waals surface area contributed by atoms with E-state index in [1.807, 2.05) is 6.20 Å². The minimum absolute atomic E-state index is 1.08. The fourth-order valence-corrected chi connectivity index (χ4v) is 2.69. The van der Waals surface area contributed by atoms with E-state index in [0.717, 1.165) is 5.52 Å². The summed E-state index contributed by atoms with van der Waals surface area (Å²) >= 11 is 0. The zero-order chi connectivity index (χ0) is 11.4. The van der Waals surface area contributed by atoms with Gasteiger partial charge in [0.2, 0.25) is 5.52 Å². The van der Waals surface area contributed by atoms with Crippen molar-refractivity contribution in [1.82, 2.24) is 4.98 Å². The van der Waals surface area contributed by atoms with E-state index < -0.39 is 0 Å². The molecule has 0 N–H and O–H groups in total.